The summed E-state index contributed by atoms with van der Waals surface area (Å²) in [5, 5.41) is 4.23. The molecule has 1 aromatic carbocycles. The van der Waals surface area contributed by atoms with Crippen LogP contribution in [0.25, 0.3) is 10.6 Å². The summed E-state index contributed by atoms with van der Waals surface area (Å²) >= 11 is 5.18. The summed E-state index contributed by atoms with van der Waals surface area (Å²) in [4.78, 5) is 5.92. The van der Waals surface area contributed by atoms with Gasteiger partial charge in [0.25, 0.3) is 0 Å². The van der Waals surface area contributed by atoms with Gasteiger partial charge in [0.05, 0.1) is 5.69 Å². The lowest BCUT2D eigenvalue weighted by atomic mass is 10.2. The van der Waals surface area contributed by atoms with Gasteiger partial charge in [-0.05, 0) is 26.1 Å². The minimum Gasteiger partial charge on any atom is -0.314 e. The zero-order valence-electron chi connectivity index (χ0n) is 9.25. The quantitative estimate of drug-likeness (QED) is 0.936. The molecule has 0 fully saturated rings. The highest BCUT2D eigenvalue weighted by Crippen LogP contribution is 2.28. The molecule has 16 heavy (non-hydrogen) atoms. The van der Waals surface area contributed by atoms with Crippen molar-refractivity contribution < 1.29 is 0 Å². The molecule has 0 aliphatic heterocycles. The van der Waals surface area contributed by atoms with Crippen molar-refractivity contribution in [2.24, 2.45) is 0 Å². The van der Waals surface area contributed by atoms with E-state index in [0.29, 0.717) is 0 Å². The summed E-state index contributed by atoms with van der Waals surface area (Å²) in [5.74, 6) is 0. The van der Waals surface area contributed by atoms with Gasteiger partial charge >= 0.3 is 0 Å². The van der Waals surface area contributed by atoms with Crippen molar-refractivity contribution in [1.82, 2.24) is 10.3 Å². The molecule has 84 valence electrons. The van der Waals surface area contributed by atoms with E-state index in [0.717, 1.165) is 21.7 Å². The Labute approximate surface area is 108 Å². The zero-order chi connectivity index (χ0) is 11.5. The monoisotopic (exact) mass is 296 g/mol. The Kier molecular flexibility index (Phi) is 3.74. The molecule has 0 amide bonds. The van der Waals surface area contributed by atoms with E-state index < -0.39 is 0 Å². The van der Waals surface area contributed by atoms with Crippen molar-refractivity contribution in [2.75, 3.05) is 7.05 Å². The second-order valence-corrected chi connectivity index (χ2v) is 5.68. The number of nitrogens with zero attached hydrogens (tertiary/aromatic N) is 1. The number of halogens is 1. The third-order valence-corrected chi connectivity index (χ3v) is 3.92. The lowest BCUT2D eigenvalue weighted by Gasteiger charge is -1.96. The van der Waals surface area contributed by atoms with E-state index in [4.69, 9.17) is 0 Å². The van der Waals surface area contributed by atoms with Crippen LogP contribution in [0, 0.1) is 6.92 Å². The normalized spacial score (nSPS) is 10.7. The second-order valence-electron chi connectivity index (χ2n) is 3.56. The van der Waals surface area contributed by atoms with Gasteiger partial charge in [0.15, 0.2) is 0 Å². The SMILES string of the molecule is CNCc1nc(-c2ccc(Br)cc2)sc1C. The van der Waals surface area contributed by atoms with Crippen molar-refractivity contribution in [1.29, 1.82) is 0 Å². The molecule has 0 aliphatic rings. The number of aromatic nitrogens is 1. The van der Waals surface area contributed by atoms with E-state index in [-0.39, 0.29) is 0 Å². The first-order valence-corrected chi connectivity index (χ1v) is 6.68. The highest BCUT2D eigenvalue weighted by atomic mass is 79.9. The summed E-state index contributed by atoms with van der Waals surface area (Å²) in [6.07, 6.45) is 0. The van der Waals surface area contributed by atoms with Crippen molar-refractivity contribution in [3.63, 3.8) is 0 Å². The van der Waals surface area contributed by atoms with Crippen LogP contribution < -0.4 is 5.32 Å². The lowest BCUT2D eigenvalue weighted by molar-refractivity contribution is 0.793. The molecule has 0 atom stereocenters. The Balaban J connectivity index is 2.33. The Morgan fingerprint density at radius 3 is 2.62 bits per heavy atom. The van der Waals surface area contributed by atoms with Crippen LogP contribution in [0.4, 0.5) is 0 Å². The molecule has 4 heteroatoms. The third-order valence-electron chi connectivity index (χ3n) is 2.33. The van der Waals surface area contributed by atoms with Gasteiger partial charge in [-0.1, -0.05) is 28.1 Å². The summed E-state index contributed by atoms with van der Waals surface area (Å²) < 4.78 is 1.10. The molecule has 0 unspecified atom stereocenters. The molecule has 0 aliphatic carbocycles. The summed E-state index contributed by atoms with van der Waals surface area (Å²) in [5.41, 5.74) is 2.32. The van der Waals surface area contributed by atoms with Crippen LogP contribution in [0.15, 0.2) is 28.7 Å². The van der Waals surface area contributed by atoms with E-state index >= 15 is 0 Å². The van der Waals surface area contributed by atoms with Crippen LogP contribution in [-0.4, -0.2) is 12.0 Å². The van der Waals surface area contributed by atoms with Gasteiger partial charge in [-0.3, -0.25) is 0 Å². The maximum absolute atomic E-state index is 4.64. The first-order chi connectivity index (χ1) is 7.70. The van der Waals surface area contributed by atoms with Crippen molar-refractivity contribution in [3.8, 4) is 10.6 Å². The molecule has 1 heterocycles. The molecule has 0 radical (unpaired) electrons. The molecule has 0 spiro atoms. The molecule has 2 aromatic rings. The molecule has 1 aromatic heterocycles. The number of aryl methyl sites for hydroxylation is 1. The molecule has 0 bridgehead atoms. The van der Waals surface area contributed by atoms with Crippen molar-refractivity contribution in [3.05, 3.63) is 39.3 Å². The number of benzene rings is 1. The topological polar surface area (TPSA) is 24.9 Å². The highest BCUT2D eigenvalue weighted by Gasteiger charge is 2.08. The van der Waals surface area contributed by atoms with Crippen LogP contribution in [-0.2, 0) is 6.54 Å². The molecular weight excluding hydrogens is 284 g/mol. The Bertz CT molecular complexity index is 476. The van der Waals surface area contributed by atoms with Gasteiger partial charge in [0.1, 0.15) is 5.01 Å². The van der Waals surface area contributed by atoms with Gasteiger partial charge in [-0.15, -0.1) is 11.3 Å². The smallest absolute Gasteiger partial charge is 0.123 e. The zero-order valence-corrected chi connectivity index (χ0v) is 11.7. The molecule has 2 rings (SSSR count). The maximum Gasteiger partial charge on any atom is 0.123 e. The number of hydrogen-bond acceptors (Lipinski definition) is 3. The number of hydrogen-bond donors (Lipinski definition) is 1. The first kappa shape index (κ1) is 11.8. The molecule has 0 saturated carbocycles. The van der Waals surface area contributed by atoms with Gasteiger partial charge in [0.2, 0.25) is 0 Å². The van der Waals surface area contributed by atoms with Crippen molar-refractivity contribution in [2.45, 2.75) is 13.5 Å². The van der Waals surface area contributed by atoms with Crippen LogP contribution in [0.2, 0.25) is 0 Å². The van der Waals surface area contributed by atoms with Crippen LogP contribution in [0.5, 0.6) is 0 Å². The van der Waals surface area contributed by atoms with Crippen LogP contribution >= 0.6 is 27.3 Å². The van der Waals surface area contributed by atoms with Gasteiger partial charge in [0, 0.05) is 21.5 Å². The van der Waals surface area contributed by atoms with Gasteiger partial charge in [-0.25, -0.2) is 4.98 Å². The summed E-state index contributed by atoms with van der Waals surface area (Å²) in [6, 6.07) is 8.27. The van der Waals surface area contributed by atoms with E-state index in [1.54, 1.807) is 11.3 Å². The van der Waals surface area contributed by atoms with E-state index in [2.05, 4.69) is 45.3 Å². The van der Waals surface area contributed by atoms with Crippen LogP contribution in [0.3, 0.4) is 0 Å². The van der Waals surface area contributed by atoms with Crippen molar-refractivity contribution >= 4 is 27.3 Å². The highest BCUT2D eigenvalue weighted by molar-refractivity contribution is 9.10. The fourth-order valence-corrected chi connectivity index (χ4v) is 2.68. The fourth-order valence-electron chi connectivity index (χ4n) is 1.48. The maximum atomic E-state index is 4.64. The first-order valence-electron chi connectivity index (χ1n) is 5.07. The summed E-state index contributed by atoms with van der Waals surface area (Å²) in [6.45, 7) is 2.95. The van der Waals surface area contributed by atoms with E-state index in [9.17, 15) is 0 Å². The number of rotatable bonds is 3. The predicted molar refractivity (Wildman–Crippen MR) is 72.8 cm³/mol. The van der Waals surface area contributed by atoms with Gasteiger partial charge < -0.3 is 5.32 Å². The van der Waals surface area contributed by atoms with E-state index in [1.165, 1.54) is 10.4 Å². The standard InChI is InChI=1S/C12H13BrN2S/c1-8-11(7-14-2)15-12(16-8)9-3-5-10(13)6-4-9/h3-6,14H,7H2,1-2H3. The average Bonchev–Trinajstić information content (AvgIpc) is 2.62. The number of nitrogens with one attached hydrogen (secondary N) is 1. The predicted octanol–water partition coefficient (Wildman–Crippen LogP) is 3.60. The van der Waals surface area contributed by atoms with Gasteiger partial charge in [-0.2, -0.15) is 0 Å². The van der Waals surface area contributed by atoms with Crippen LogP contribution in [0.1, 0.15) is 10.6 Å². The minimum absolute atomic E-state index is 0.832. The fraction of sp³-hybridized carbons (Fsp3) is 0.250. The molecule has 0 saturated heterocycles. The van der Waals surface area contributed by atoms with E-state index in [1.807, 2.05) is 19.2 Å². The summed E-state index contributed by atoms with van der Waals surface area (Å²) in [7, 11) is 1.94. The number of thiazole rings is 1. The lowest BCUT2D eigenvalue weighted by Crippen LogP contribution is -2.06. The second kappa shape index (κ2) is 5.08. The average molecular weight is 297 g/mol. The molecule has 2 nitrogen and oxygen atoms in total. The Morgan fingerprint density at radius 2 is 2.00 bits per heavy atom. The Hall–Kier alpha value is -0.710. The largest absolute Gasteiger partial charge is 0.314 e. The molecule has 1 N–H and O–H groups in total. The Morgan fingerprint density at radius 1 is 1.31 bits per heavy atom. The minimum atomic E-state index is 0.832. The molecular formula is C12H13BrN2S. The third kappa shape index (κ3) is 2.51.